The van der Waals surface area contributed by atoms with E-state index in [1.807, 2.05) is 24.3 Å². The zero-order valence-electron chi connectivity index (χ0n) is 13.7. The molecule has 0 spiro atoms. The number of halogens is 1. The van der Waals surface area contributed by atoms with Gasteiger partial charge in [0.1, 0.15) is 17.3 Å². The maximum absolute atomic E-state index is 13.6. The lowest BCUT2D eigenvalue weighted by Gasteiger charge is -2.21. The van der Waals surface area contributed by atoms with Gasteiger partial charge in [-0.3, -0.25) is 0 Å². The van der Waals surface area contributed by atoms with Crippen LogP contribution >= 0.6 is 0 Å². The average molecular weight is 331 g/mol. The van der Waals surface area contributed by atoms with Crippen LogP contribution in [0.3, 0.4) is 0 Å². The van der Waals surface area contributed by atoms with Gasteiger partial charge in [0.05, 0.1) is 19.8 Å². The topological polar surface area (TPSA) is 50.7 Å². The Balaban J connectivity index is 1.68. The molecule has 1 aliphatic rings. The lowest BCUT2D eigenvalue weighted by Crippen LogP contribution is -2.26. The number of aliphatic hydroxyl groups is 1. The van der Waals surface area contributed by atoms with Crippen LogP contribution in [0.1, 0.15) is 36.1 Å². The van der Waals surface area contributed by atoms with Gasteiger partial charge < -0.3 is 19.9 Å². The van der Waals surface area contributed by atoms with Crippen LogP contribution in [-0.2, 0) is 0 Å². The Hall–Kier alpha value is -2.11. The number of rotatable bonds is 5. The number of nitrogens with one attached hydrogen (secondary N) is 1. The highest BCUT2D eigenvalue weighted by atomic mass is 19.1. The maximum atomic E-state index is 13.6. The molecule has 0 aromatic heterocycles. The van der Waals surface area contributed by atoms with E-state index in [-0.39, 0.29) is 11.9 Å². The number of aliphatic hydroxyl groups excluding tert-OH is 1. The van der Waals surface area contributed by atoms with Crippen LogP contribution in [0.25, 0.3) is 0 Å². The maximum Gasteiger partial charge on any atom is 0.124 e. The van der Waals surface area contributed by atoms with E-state index in [0.717, 1.165) is 29.7 Å². The third kappa shape index (κ3) is 3.86. The van der Waals surface area contributed by atoms with Crippen LogP contribution in [0.15, 0.2) is 42.5 Å². The van der Waals surface area contributed by atoms with Gasteiger partial charge in [0.15, 0.2) is 0 Å². The number of benzene rings is 2. The second-order valence-electron chi connectivity index (χ2n) is 5.92. The Morgan fingerprint density at radius 1 is 1.29 bits per heavy atom. The number of methoxy groups -OCH3 is 1. The van der Waals surface area contributed by atoms with Crippen LogP contribution in [0, 0.1) is 5.82 Å². The number of fused-ring (bicyclic) bond motifs is 1. The molecule has 128 valence electrons. The van der Waals surface area contributed by atoms with Crippen molar-refractivity contribution < 1.29 is 19.0 Å². The summed E-state index contributed by atoms with van der Waals surface area (Å²) in [4.78, 5) is 0. The summed E-state index contributed by atoms with van der Waals surface area (Å²) >= 11 is 0. The van der Waals surface area contributed by atoms with Gasteiger partial charge in [-0.05, 0) is 48.7 Å². The summed E-state index contributed by atoms with van der Waals surface area (Å²) in [7, 11) is 1.61. The van der Waals surface area contributed by atoms with Gasteiger partial charge in [0, 0.05) is 18.2 Å². The monoisotopic (exact) mass is 331 g/mol. The van der Waals surface area contributed by atoms with Gasteiger partial charge in [-0.15, -0.1) is 0 Å². The second-order valence-corrected chi connectivity index (χ2v) is 5.92. The molecule has 2 unspecified atom stereocenters. The first-order valence-corrected chi connectivity index (χ1v) is 8.15. The van der Waals surface area contributed by atoms with Crippen molar-refractivity contribution in [3.63, 3.8) is 0 Å². The van der Waals surface area contributed by atoms with E-state index in [4.69, 9.17) is 9.47 Å². The highest BCUT2D eigenvalue weighted by Gasteiger charge is 2.21. The fourth-order valence-electron chi connectivity index (χ4n) is 2.96. The highest BCUT2D eigenvalue weighted by molar-refractivity contribution is 5.37. The number of hydrogen-bond acceptors (Lipinski definition) is 4. The third-order valence-electron chi connectivity index (χ3n) is 4.30. The Labute approximate surface area is 141 Å². The zero-order valence-corrected chi connectivity index (χ0v) is 13.7. The summed E-state index contributed by atoms with van der Waals surface area (Å²) in [6.07, 6.45) is 1.08. The number of ether oxygens (including phenoxy) is 2. The molecule has 1 heterocycles. The molecule has 0 fully saturated rings. The summed E-state index contributed by atoms with van der Waals surface area (Å²) in [5.74, 6) is 1.19. The molecule has 0 aliphatic carbocycles. The third-order valence-corrected chi connectivity index (χ3v) is 4.30. The van der Waals surface area contributed by atoms with Crippen LogP contribution in [0.5, 0.6) is 11.5 Å². The molecule has 3 rings (SSSR count). The molecule has 0 saturated heterocycles. The first-order chi connectivity index (χ1) is 11.7. The van der Waals surface area contributed by atoms with Crippen molar-refractivity contribution >= 4 is 0 Å². The smallest absolute Gasteiger partial charge is 0.124 e. The summed E-state index contributed by atoms with van der Waals surface area (Å²) < 4.78 is 24.4. The largest absolute Gasteiger partial charge is 0.497 e. The van der Waals surface area contributed by atoms with E-state index in [1.54, 1.807) is 13.2 Å². The van der Waals surface area contributed by atoms with Gasteiger partial charge in [-0.25, -0.2) is 4.39 Å². The molecule has 24 heavy (non-hydrogen) atoms. The predicted octanol–water partition coefficient (Wildman–Crippen LogP) is 3.37. The summed E-state index contributed by atoms with van der Waals surface area (Å²) in [5, 5.41) is 13.7. The summed E-state index contributed by atoms with van der Waals surface area (Å²) in [6, 6.07) is 11.9. The first-order valence-electron chi connectivity index (χ1n) is 8.15. The van der Waals surface area contributed by atoms with Gasteiger partial charge >= 0.3 is 0 Å². The van der Waals surface area contributed by atoms with Crippen molar-refractivity contribution in [2.75, 3.05) is 20.3 Å². The molecule has 0 bridgehead atoms. The normalized spacial score (nSPS) is 18.2. The van der Waals surface area contributed by atoms with Crippen LogP contribution in [-0.4, -0.2) is 25.4 Å². The molecule has 4 nitrogen and oxygen atoms in total. The average Bonchev–Trinajstić information content (AvgIpc) is 2.81. The molecule has 2 N–H and O–H groups in total. The second kappa shape index (κ2) is 7.64. The molecule has 5 heteroatoms. The van der Waals surface area contributed by atoms with Gasteiger partial charge in [-0.2, -0.15) is 0 Å². The Morgan fingerprint density at radius 2 is 2.08 bits per heavy atom. The molecule has 0 saturated carbocycles. The van der Waals surface area contributed by atoms with Crippen molar-refractivity contribution in [3.05, 3.63) is 59.4 Å². The molecule has 2 atom stereocenters. The van der Waals surface area contributed by atoms with Gasteiger partial charge in [0.2, 0.25) is 0 Å². The lowest BCUT2D eigenvalue weighted by atomic mass is 10.0. The van der Waals surface area contributed by atoms with Gasteiger partial charge in [0.25, 0.3) is 0 Å². The van der Waals surface area contributed by atoms with Crippen molar-refractivity contribution in [2.24, 2.45) is 0 Å². The molecule has 0 radical (unpaired) electrons. The van der Waals surface area contributed by atoms with E-state index in [2.05, 4.69) is 5.32 Å². The predicted molar refractivity (Wildman–Crippen MR) is 89.8 cm³/mol. The van der Waals surface area contributed by atoms with Crippen molar-refractivity contribution in [1.29, 1.82) is 0 Å². The highest BCUT2D eigenvalue weighted by Crippen LogP contribution is 2.32. The minimum Gasteiger partial charge on any atom is -0.497 e. The van der Waals surface area contributed by atoms with E-state index in [0.29, 0.717) is 18.9 Å². The Kier molecular flexibility index (Phi) is 5.33. The first kappa shape index (κ1) is 16.7. The number of hydrogen-bond donors (Lipinski definition) is 2. The quantitative estimate of drug-likeness (QED) is 0.882. The standard InChI is InChI=1S/C19H22FNO3/c1-23-15-7-4-13(5-8-15)18(22)12-21-17-3-2-10-24-19-9-6-14(20)11-16(17)19/h4-9,11,17-18,21-22H,2-3,10,12H2,1H3. The zero-order chi connectivity index (χ0) is 16.9. The molecular weight excluding hydrogens is 309 g/mol. The molecule has 1 aliphatic heterocycles. The van der Waals surface area contributed by atoms with Gasteiger partial charge in [-0.1, -0.05) is 12.1 Å². The van der Waals surface area contributed by atoms with Crippen molar-refractivity contribution in [2.45, 2.75) is 25.0 Å². The lowest BCUT2D eigenvalue weighted by molar-refractivity contribution is 0.169. The van der Waals surface area contributed by atoms with Crippen molar-refractivity contribution in [1.82, 2.24) is 5.32 Å². The fourth-order valence-corrected chi connectivity index (χ4v) is 2.96. The molecule has 0 amide bonds. The van der Waals surface area contributed by atoms with Crippen LogP contribution in [0.4, 0.5) is 4.39 Å². The Morgan fingerprint density at radius 3 is 2.83 bits per heavy atom. The van der Waals surface area contributed by atoms with E-state index in [1.165, 1.54) is 12.1 Å². The molecular formula is C19H22FNO3. The van der Waals surface area contributed by atoms with E-state index >= 15 is 0 Å². The SMILES string of the molecule is COc1ccc(C(O)CNC2CCCOc3ccc(F)cc32)cc1. The van der Waals surface area contributed by atoms with E-state index < -0.39 is 6.10 Å². The molecule has 2 aromatic rings. The minimum absolute atomic E-state index is 0.0360. The molecule has 2 aromatic carbocycles. The van der Waals surface area contributed by atoms with Crippen molar-refractivity contribution in [3.8, 4) is 11.5 Å². The van der Waals surface area contributed by atoms with E-state index in [9.17, 15) is 9.50 Å². The minimum atomic E-state index is -0.642. The summed E-state index contributed by atoms with van der Waals surface area (Å²) in [5.41, 5.74) is 1.63. The fraction of sp³-hybridized carbons (Fsp3) is 0.368. The Bertz CT molecular complexity index is 675. The van der Waals surface area contributed by atoms with Crippen LogP contribution in [0.2, 0.25) is 0 Å². The van der Waals surface area contributed by atoms with Crippen LogP contribution < -0.4 is 14.8 Å². The summed E-state index contributed by atoms with van der Waals surface area (Å²) in [6.45, 7) is 1.00.